The molecule has 2 nitrogen and oxygen atoms in total. The second-order valence-electron chi connectivity index (χ2n) is 4.67. The standard InChI is InChI=1S/C16H18O2/c1-12-7-9-13(10-8-12)16(2,17)14-5-4-6-15(11-14)18-3/h4-11,17H,1-3H3. The number of hydrogen-bond donors (Lipinski definition) is 1. The summed E-state index contributed by atoms with van der Waals surface area (Å²) in [6.07, 6.45) is 0. The Morgan fingerprint density at radius 1 is 1.00 bits per heavy atom. The van der Waals surface area contributed by atoms with E-state index in [1.54, 1.807) is 14.0 Å². The third kappa shape index (κ3) is 2.39. The molecule has 18 heavy (non-hydrogen) atoms. The maximum Gasteiger partial charge on any atom is 0.119 e. The molecule has 0 aliphatic carbocycles. The van der Waals surface area contributed by atoms with Gasteiger partial charge in [-0.15, -0.1) is 0 Å². The fraction of sp³-hybridized carbons (Fsp3) is 0.250. The summed E-state index contributed by atoms with van der Waals surface area (Å²) in [4.78, 5) is 0. The van der Waals surface area contributed by atoms with Gasteiger partial charge >= 0.3 is 0 Å². The molecule has 0 heterocycles. The average molecular weight is 242 g/mol. The molecule has 0 aromatic heterocycles. The van der Waals surface area contributed by atoms with E-state index >= 15 is 0 Å². The number of aryl methyl sites for hydroxylation is 1. The molecule has 94 valence electrons. The molecule has 2 aromatic rings. The van der Waals surface area contributed by atoms with E-state index in [1.807, 2.05) is 55.5 Å². The monoisotopic (exact) mass is 242 g/mol. The second-order valence-corrected chi connectivity index (χ2v) is 4.67. The van der Waals surface area contributed by atoms with Crippen molar-refractivity contribution in [2.75, 3.05) is 7.11 Å². The predicted octanol–water partition coefficient (Wildman–Crippen LogP) is 3.26. The van der Waals surface area contributed by atoms with Crippen molar-refractivity contribution in [2.45, 2.75) is 19.4 Å². The number of methoxy groups -OCH3 is 1. The van der Waals surface area contributed by atoms with Crippen LogP contribution in [0.3, 0.4) is 0 Å². The normalized spacial score (nSPS) is 14.0. The fourth-order valence-corrected chi connectivity index (χ4v) is 1.97. The summed E-state index contributed by atoms with van der Waals surface area (Å²) >= 11 is 0. The summed E-state index contributed by atoms with van der Waals surface area (Å²) in [7, 11) is 1.62. The number of hydrogen-bond acceptors (Lipinski definition) is 2. The molecule has 2 rings (SSSR count). The van der Waals surface area contributed by atoms with Crippen molar-refractivity contribution >= 4 is 0 Å². The molecule has 0 aliphatic heterocycles. The third-order valence-corrected chi connectivity index (χ3v) is 3.25. The Hall–Kier alpha value is -1.80. The van der Waals surface area contributed by atoms with Crippen LogP contribution < -0.4 is 4.74 Å². The van der Waals surface area contributed by atoms with Gasteiger partial charge in [0.25, 0.3) is 0 Å². The van der Waals surface area contributed by atoms with E-state index < -0.39 is 5.60 Å². The van der Waals surface area contributed by atoms with E-state index in [2.05, 4.69) is 0 Å². The van der Waals surface area contributed by atoms with Gasteiger partial charge in [0.2, 0.25) is 0 Å². The topological polar surface area (TPSA) is 29.5 Å². The highest BCUT2D eigenvalue weighted by Crippen LogP contribution is 2.31. The second kappa shape index (κ2) is 4.83. The first kappa shape index (κ1) is 12.7. The molecule has 0 spiro atoms. The van der Waals surface area contributed by atoms with Crippen LogP contribution >= 0.6 is 0 Å². The zero-order valence-corrected chi connectivity index (χ0v) is 11.0. The molecule has 1 atom stereocenters. The van der Waals surface area contributed by atoms with E-state index in [9.17, 15) is 5.11 Å². The fourth-order valence-electron chi connectivity index (χ4n) is 1.97. The molecule has 0 radical (unpaired) electrons. The minimum absolute atomic E-state index is 0.750. The van der Waals surface area contributed by atoms with Gasteiger partial charge in [0, 0.05) is 0 Å². The predicted molar refractivity (Wildman–Crippen MR) is 72.8 cm³/mol. The molecule has 0 fully saturated rings. The molecular formula is C16H18O2. The van der Waals surface area contributed by atoms with Crippen LogP contribution in [0.1, 0.15) is 23.6 Å². The molecule has 0 aliphatic rings. The number of benzene rings is 2. The Balaban J connectivity index is 2.43. The van der Waals surface area contributed by atoms with E-state index in [0.717, 1.165) is 16.9 Å². The molecule has 2 heteroatoms. The summed E-state index contributed by atoms with van der Waals surface area (Å²) in [6.45, 7) is 3.83. The molecule has 1 N–H and O–H groups in total. The van der Waals surface area contributed by atoms with Crippen LogP contribution in [0, 0.1) is 6.92 Å². The number of rotatable bonds is 3. The van der Waals surface area contributed by atoms with Crippen LogP contribution in [-0.4, -0.2) is 12.2 Å². The van der Waals surface area contributed by atoms with Crippen molar-refractivity contribution in [2.24, 2.45) is 0 Å². The Morgan fingerprint density at radius 3 is 2.28 bits per heavy atom. The lowest BCUT2D eigenvalue weighted by Crippen LogP contribution is -2.22. The number of aliphatic hydroxyl groups is 1. The minimum atomic E-state index is -1.01. The van der Waals surface area contributed by atoms with Gasteiger partial charge in [-0.1, -0.05) is 42.0 Å². The summed E-state index contributed by atoms with van der Waals surface area (Å²) in [5.41, 5.74) is 1.87. The SMILES string of the molecule is COc1cccc(C(C)(O)c2ccc(C)cc2)c1. The van der Waals surface area contributed by atoms with Crippen molar-refractivity contribution in [3.8, 4) is 5.75 Å². The van der Waals surface area contributed by atoms with Crippen LogP contribution in [0.2, 0.25) is 0 Å². The van der Waals surface area contributed by atoms with E-state index in [0.29, 0.717) is 0 Å². The lowest BCUT2D eigenvalue weighted by Gasteiger charge is -2.25. The minimum Gasteiger partial charge on any atom is -0.497 e. The summed E-state index contributed by atoms with van der Waals surface area (Å²) in [5, 5.41) is 10.7. The van der Waals surface area contributed by atoms with Gasteiger partial charge in [-0.2, -0.15) is 0 Å². The van der Waals surface area contributed by atoms with Crippen LogP contribution in [-0.2, 0) is 5.60 Å². The quantitative estimate of drug-likeness (QED) is 0.895. The van der Waals surface area contributed by atoms with Crippen molar-refractivity contribution in [3.63, 3.8) is 0 Å². The molecule has 0 bridgehead atoms. The highest BCUT2D eigenvalue weighted by atomic mass is 16.5. The first-order valence-corrected chi connectivity index (χ1v) is 5.98. The lowest BCUT2D eigenvalue weighted by atomic mass is 9.88. The lowest BCUT2D eigenvalue weighted by molar-refractivity contribution is 0.102. The van der Waals surface area contributed by atoms with E-state index in [4.69, 9.17) is 4.74 Å². The van der Waals surface area contributed by atoms with Crippen molar-refractivity contribution < 1.29 is 9.84 Å². The highest BCUT2D eigenvalue weighted by molar-refractivity contribution is 5.39. The van der Waals surface area contributed by atoms with E-state index in [-0.39, 0.29) is 0 Å². The first-order valence-electron chi connectivity index (χ1n) is 5.98. The maximum atomic E-state index is 10.7. The van der Waals surface area contributed by atoms with Gasteiger partial charge in [0.05, 0.1) is 7.11 Å². The molecule has 0 amide bonds. The van der Waals surface area contributed by atoms with Crippen LogP contribution in [0.15, 0.2) is 48.5 Å². The maximum absolute atomic E-state index is 10.7. The van der Waals surface area contributed by atoms with Crippen LogP contribution in [0.25, 0.3) is 0 Å². The summed E-state index contributed by atoms with van der Waals surface area (Å²) in [5.74, 6) is 0.750. The number of ether oxygens (including phenoxy) is 1. The van der Waals surface area contributed by atoms with E-state index in [1.165, 1.54) is 5.56 Å². The van der Waals surface area contributed by atoms with Crippen molar-refractivity contribution in [1.82, 2.24) is 0 Å². The molecule has 0 saturated heterocycles. The van der Waals surface area contributed by atoms with Gasteiger partial charge in [-0.25, -0.2) is 0 Å². The van der Waals surface area contributed by atoms with Gasteiger partial charge in [-0.05, 0) is 37.1 Å². The van der Waals surface area contributed by atoms with Crippen LogP contribution in [0.4, 0.5) is 0 Å². The Bertz CT molecular complexity index is 527. The highest BCUT2D eigenvalue weighted by Gasteiger charge is 2.25. The zero-order chi connectivity index (χ0) is 13.2. The van der Waals surface area contributed by atoms with Gasteiger partial charge in [0.15, 0.2) is 0 Å². The molecule has 0 saturated carbocycles. The molecule has 2 aromatic carbocycles. The van der Waals surface area contributed by atoms with Crippen molar-refractivity contribution in [3.05, 3.63) is 65.2 Å². The zero-order valence-electron chi connectivity index (χ0n) is 11.0. The van der Waals surface area contributed by atoms with Gasteiger partial charge < -0.3 is 9.84 Å². The summed E-state index contributed by atoms with van der Waals surface area (Å²) < 4.78 is 5.19. The van der Waals surface area contributed by atoms with Crippen LogP contribution in [0.5, 0.6) is 5.75 Å². The summed E-state index contributed by atoms with van der Waals surface area (Å²) in [6, 6.07) is 15.4. The van der Waals surface area contributed by atoms with Gasteiger partial charge in [-0.3, -0.25) is 0 Å². The Kier molecular flexibility index (Phi) is 3.39. The smallest absolute Gasteiger partial charge is 0.119 e. The average Bonchev–Trinajstić information content (AvgIpc) is 2.39. The Labute approximate surface area is 108 Å². The first-order chi connectivity index (χ1) is 8.54. The Morgan fingerprint density at radius 2 is 1.67 bits per heavy atom. The van der Waals surface area contributed by atoms with Crippen molar-refractivity contribution in [1.29, 1.82) is 0 Å². The molecular weight excluding hydrogens is 224 g/mol. The molecule has 1 unspecified atom stereocenters. The van der Waals surface area contributed by atoms with Gasteiger partial charge in [0.1, 0.15) is 11.4 Å². The third-order valence-electron chi connectivity index (χ3n) is 3.25. The largest absolute Gasteiger partial charge is 0.497 e.